The van der Waals surface area contributed by atoms with E-state index in [1.165, 1.54) is 15.9 Å². The summed E-state index contributed by atoms with van der Waals surface area (Å²) < 4.78 is 6.90. The van der Waals surface area contributed by atoms with Crippen molar-refractivity contribution in [2.24, 2.45) is 0 Å². The highest BCUT2D eigenvalue weighted by molar-refractivity contribution is 7.22. The molecule has 1 saturated heterocycles. The van der Waals surface area contributed by atoms with Crippen LogP contribution in [0.5, 0.6) is 0 Å². The number of amides is 1. The molecule has 0 bridgehead atoms. The number of aryl methyl sites for hydroxylation is 1. The molecule has 8 nitrogen and oxygen atoms in total. The number of carbonyl (C=O) groups is 1. The monoisotopic (exact) mass is 449 g/mol. The van der Waals surface area contributed by atoms with Crippen LogP contribution in [0, 0.1) is 0 Å². The largest absolute Gasteiger partial charge is 0.463 e. The van der Waals surface area contributed by atoms with E-state index >= 15 is 0 Å². The molecule has 4 heterocycles. The summed E-state index contributed by atoms with van der Waals surface area (Å²) in [5, 5.41) is 3.73. The molecule has 0 unspecified atom stereocenters. The van der Waals surface area contributed by atoms with E-state index < -0.39 is 5.69 Å². The Balaban J connectivity index is 1.53. The minimum absolute atomic E-state index is 0.140. The molecule has 4 aromatic rings. The quantitative estimate of drug-likeness (QED) is 0.480. The van der Waals surface area contributed by atoms with Crippen LogP contribution in [0.3, 0.4) is 0 Å². The fourth-order valence-electron chi connectivity index (χ4n) is 3.92. The second-order valence-electron chi connectivity index (χ2n) is 7.75. The number of carbonyl (C=O) groups excluding carboxylic acids is 1. The molecule has 3 aromatic heterocycles. The van der Waals surface area contributed by atoms with Crippen LogP contribution in [-0.2, 0) is 17.8 Å². The van der Waals surface area contributed by atoms with Crippen molar-refractivity contribution in [2.75, 3.05) is 23.3 Å². The molecule has 1 N–H and O–H groups in total. The molecule has 0 saturated carbocycles. The topological polar surface area (TPSA) is 93.3 Å². The second-order valence-corrected chi connectivity index (χ2v) is 8.71. The maximum atomic E-state index is 13.0. The van der Waals surface area contributed by atoms with Gasteiger partial charge in [-0.1, -0.05) is 30.4 Å². The molecule has 32 heavy (non-hydrogen) atoms. The van der Waals surface area contributed by atoms with Gasteiger partial charge in [0.1, 0.15) is 22.6 Å². The highest BCUT2D eigenvalue weighted by atomic mass is 32.1. The number of anilines is 2. The average molecular weight is 450 g/mol. The fourth-order valence-corrected chi connectivity index (χ4v) is 5.03. The lowest BCUT2D eigenvalue weighted by Crippen LogP contribution is -2.29. The van der Waals surface area contributed by atoms with Gasteiger partial charge in [0.2, 0.25) is 5.91 Å². The summed E-state index contributed by atoms with van der Waals surface area (Å²) in [5.74, 6) is 0.198. The van der Waals surface area contributed by atoms with Gasteiger partial charge in [-0.05, 0) is 49.1 Å². The molecule has 1 aliphatic heterocycles. The Morgan fingerprint density at radius 2 is 2.03 bits per heavy atom. The number of nitrogens with zero attached hydrogens (tertiary/aromatic N) is 4. The van der Waals surface area contributed by atoms with Crippen LogP contribution in [0.1, 0.15) is 25.3 Å². The number of furan rings is 1. The zero-order valence-electron chi connectivity index (χ0n) is 17.7. The van der Waals surface area contributed by atoms with E-state index in [1.807, 2.05) is 24.3 Å². The standard InChI is InChI=1S/C23H23N5O3S/c1-2-15-7-5-8-16(13-15)24-18(29)14-28-21-20(26-23(32-21)27-10-3-4-11-27)19(25-22(28)30)17-9-6-12-31-17/h5-9,12-13H,2-4,10-11,14H2,1H3,(H,24,29). The molecule has 1 aromatic carbocycles. The highest BCUT2D eigenvalue weighted by Gasteiger charge is 2.23. The summed E-state index contributed by atoms with van der Waals surface area (Å²) in [6.45, 7) is 3.79. The minimum atomic E-state index is -0.502. The molecule has 5 rings (SSSR count). The molecule has 164 valence electrons. The highest BCUT2D eigenvalue weighted by Crippen LogP contribution is 2.34. The van der Waals surface area contributed by atoms with Gasteiger partial charge in [-0.2, -0.15) is 4.98 Å². The Morgan fingerprint density at radius 1 is 1.19 bits per heavy atom. The molecule has 1 aliphatic rings. The van der Waals surface area contributed by atoms with E-state index in [0.29, 0.717) is 27.5 Å². The number of rotatable bonds is 6. The van der Waals surface area contributed by atoms with Gasteiger partial charge in [0, 0.05) is 18.8 Å². The number of thiazole rings is 1. The zero-order valence-corrected chi connectivity index (χ0v) is 18.5. The van der Waals surface area contributed by atoms with E-state index in [4.69, 9.17) is 9.40 Å². The number of benzene rings is 1. The van der Waals surface area contributed by atoms with Crippen LogP contribution in [0.2, 0.25) is 0 Å². The van der Waals surface area contributed by atoms with Crippen molar-refractivity contribution in [3.05, 3.63) is 58.7 Å². The molecule has 0 atom stereocenters. The van der Waals surface area contributed by atoms with Crippen molar-refractivity contribution in [3.63, 3.8) is 0 Å². The summed E-state index contributed by atoms with van der Waals surface area (Å²) in [5.41, 5.74) is 2.32. The maximum Gasteiger partial charge on any atom is 0.349 e. The first-order valence-corrected chi connectivity index (χ1v) is 11.5. The molecule has 0 aliphatic carbocycles. The third-order valence-electron chi connectivity index (χ3n) is 5.56. The van der Waals surface area contributed by atoms with Gasteiger partial charge in [-0.3, -0.25) is 9.36 Å². The third kappa shape index (κ3) is 3.91. The van der Waals surface area contributed by atoms with Crippen LogP contribution < -0.4 is 15.9 Å². The third-order valence-corrected chi connectivity index (χ3v) is 6.70. The van der Waals surface area contributed by atoms with Crippen molar-refractivity contribution >= 4 is 38.4 Å². The van der Waals surface area contributed by atoms with Crippen molar-refractivity contribution in [1.29, 1.82) is 0 Å². The number of nitrogens with one attached hydrogen (secondary N) is 1. The maximum absolute atomic E-state index is 13.0. The van der Waals surface area contributed by atoms with Crippen LogP contribution in [0.25, 0.3) is 21.8 Å². The predicted octanol–water partition coefficient (Wildman–Crippen LogP) is 3.91. The minimum Gasteiger partial charge on any atom is -0.463 e. The number of aromatic nitrogens is 3. The Morgan fingerprint density at radius 3 is 2.78 bits per heavy atom. The Hall–Kier alpha value is -3.46. The summed E-state index contributed by atoms with van der Waals surface area (Å²) in [7, 11) is 0. The summed E-state index contributed by atoms with van der Waals surface area (Å²) >= 11 is 1.42. The molecule has 1 fully saturated rings. The molecule has 0 radical (unpaired) electrons. The van der Waals surface area contributed by atoms with Gasteiger partial charge >= 0.3 is 5.69 Å². The lowest BCUT2D eigenvalue weighted by Gasteiger charge is -2.11. The van der Waals surface area contributed by atoms with Crippen molar-refractivity contribution in [1.82, 2.24) is 14.5 Å². The average Bonchev–Trinajstić information content (AvgIpc) is 3.56. The van der Waals surface area contributed by atoms with E-state index in [9.17, 15) is 9.59 Å². The van der Waals surface area contributed by atoms with Crippen molar-refractivity contribution < 1.29 is 9.21 Å². The molecular weight excluding hydrogens is 426 g/mol. The van der Waals surface area contributed by atoms with E-state index in [1.54, 1.807) is 18.4 Å². The second kappa shape index (κ2) is 8.58. The number of hydrogen-bond acceptors (Lipinski definition) is 7. The van der Waals surface area contributed by atoms with Gasteiger partial charge in [0.05, 0.1) is 6.26 Å². The van der Waals surface area contributed by atoms with E-state index in [-0.39, 0.29) is 12.5 Å². The van der Waals surface area contributed by atoms with Gasteiger partial charge in [-0.15, -0.1) is 0 Å². The predicted molar refractivity (Wildman–Crippen MR) is 125 cm³/mol. The lowest BCUT2D eigenvalue weighted by atomic mass is 10.1. The summed E-state index contributed by atoms with van der Waals surface area (Å²) in [4.78, 5) is 37.6. The summed E-state index contributed by atoms with van der Waals surface area (Å²) in [6.07, 6.45) is 4.65. The number of hydrogen-bond donors (Lipinski definition) is 1. The van der Waals surface area contributed by atoms with Crippen LogP contribution in [0.15, 0.2) is 51.9 Å². The Bertz CT molecular complexity index is 1320. The fraction of sp³-hybridized carbons (Fsp3) is 0.304. The SMILES string of the molecule is CCc1cccc(NC(=O)Cn2c(=O)nc(-c3ccco3)c3nc(N4CCCC4)sc32)c1. The first kappa shape index (κ1) is 20.4. The first-order valence-electron chi connectivity index (χ1n) is 10.7. The summed E-state index contributed by atoms with van der Waals surface area (Å²) in [6, 6.07) is 11.2. The van der Waals surface area contributed by atoms with Gasteiger partial charge in [0.15, 0.2) is 10.9 Å². The molecule has 1 amide bonds. The normalized spacial score (nSPS) is 13.7. The van der Waals surface area contributed by atoms with Gasteiger partial charge in [0.25, 0.3) is 0 Å². The van der Waals surface area contributed by atoms with Crippen molar-refractivity contribution in [2.45, 2.75) is 32.7 Å². The molecule has 9 heteroatoms. The molecule has 0 spiro atoms. The van der Waals surface area contributed by atoms with E-state index in [0.717, 1.165) is 43.0 Å². The molecular formula is C23H23N5O3S. The Labute approximate surface area is 188 Å². The zero-order chi connectivity index (χ0) is 22.1. The van der Waals surface area contributed by atoms with Crippen LogP contribution in [-0.4, -0.2) is 33.5 Å². The van der Waals surface area contributed by atoms with Crippen molar-refractivity contribution in [3.8, 4) is 11.5 Å². The smallest absolute Gasteiger partial charge is 0.349 e. The first-order chi connectivity index (χ1) is 15.6. The number of fused-ring (bicyclic) bond motifs is 1. The Kier molecular flexibility index (Phi) is 5.48. The lowest BCUT2D eigenvalue weighted by molar-refractivity contribution is -0.116. The van der Waals surface area contributed by atoms with E-state index in [2.05, 4.69) is 22.1 Å². The van der Waals surface area contributed by atoms with Gasteiger partial charge < -0.3 is 14.6 Å². The van der Waals surface area contributed by atoms with Crippen LogP contribution >= 0.6 is 11.3 Å². The van der Waals surface area contributed by atoms with Gasteiger partial charge in [-0.25, -0.2) is 9.78 Å². The van der Waals surface area contributed by atoms with Crippen LogP contribution in [0.4, 0.5) is 10.8 Å².